The van der Waals surface area contributed by atoms with Crippen molar-refractivity contribution in [3.63, 3.8) is 0 Å². The van der Waals surface area contributed by atoms with Crippen LogP contribution in [0.2, 0.25) is 0 Å². The molecule has 2 aliphatic carbocycles. The third-order valence-corrected chi connectivity index (χ3v) is 36.2. The summed E-state index contributed by atoms with van der Waals surface area (Å²) in [7, 11) is 17.5. The van der Waals surface area contributed by atoms with Gasteiger partial charge in [-0.3, -0.25) is 0 Å². The van der Waals surface area contributed by atoms with Gasteiger partial charge >= 0.3 is 348 Å². The number of rotatable bonds is 5. The molecule has 3 aliphatic rings. The molecule has 0 saturated heterocycles. The molecule has 9 rings (SSSR count). The molecule has 0 aromatic heterocycles. The van der Waals surface area contributed by atoms with Crippen LogP contribution in [-0.4, -0.2) is 9.52 Å². The van der Waals surface area contributed by atoms with Crippen LogP contribution < -0.4 is 13.6 Å². The van der Waals surface area contributed by atoms with Crippen LogP contribution in [-0.2, 0) is 27.2 Å². The fourth-order valence-electron chi connectivity index (χ4n) is 10.8. The molecule has 6 aromatic rings. The van der Waals surface area contributed by atoms with Gasteiger partial charge in [-0.1, -0.05) is 0 Å². The van der Waals surface area contributed by atoms with Gasteiger partial charge in [0, 0.05) is 0 Å². The van der Waals surface area contributed by atoms with Gasteiger partial charge in [-0.2, -0.15) is 0 Å². The number of fused-ring (bicyclic) bond motifs is 5. The van der Waals surface area contributed by atoms with E-state index in [0.29, 0.717) is 0 Å². The average Bonchev–Trinajstić information content (AvgIpc) is 3.84. The van der Waals surface area contributed by atoms with E-state index in [1.165, 1.54) is 91.6 Å². The van der Waals surface area contributed by atoms with Crippen molar-refractivity contribution in [2.75, 3.05) is 0 Å². The summed E-state index contributed by atoms with van der Waals surface area (Å²) in [6.07, 6.45) is 4.91. The SMILES string of the molecule is CC1=Cc2c(ccc(C(C)(C)C)c2-c2ccccc2)[CH]1[Zr]([Cl])([Cl])([c]1cccc2c1[SiH2]c1ccccc1-2)[CH]1C(C)=Cc2c1ccc(C(C)(C)C)c2-c1ccccc1. The van der Waals surface area contributed by atoms with Gasteiger partial charge in [-0.05, 0) is 0 Å². The molecule has 0 bridgehead atoms. The second-order valence-corrected chi connectivity index (χ2v) is 41.1. The molecule has 2 atom stereocenters. The molecule has 6 aromatic carbocycles. The van der Waals surface area contributed by atoms with Gasteiger partial charge < -0.3 is 0 Å². The molecule has 1 heterocycles. The predicted molar refractivity (Wildman–Crippen MR) is 245 cm³/mol. The first-order chi connectivity index (χ1) is 26.6. The van der Waals surface area contributed by atoms with Crippen molar-refractivity contribution >= 4 is 52.3 Å². The van der Waals surface area contributed by atoms with Gasteiger partial charge in [0.1, 0.15) is 0 Å². The summed E-state index contributed by atoms with van der Waals surface area (Å²) in [6, 6.07) is 47.5. The Bertz CT molecular complexity index is 2500. The van der Waals surface area contributed by atoms with E-state index in [4.69, 9.17) is 0 Å². The Morgan fingerprint density at radius 2 is 0.946 bits per heavy atom. The maximum absolute atomic E-state index is 9.18. The monoisotopic (exact) mass is 863 g/mol. The number of halogens is 2. The van der Waals surface area contributed by atoms with Crippen molar-refractivity contribution in [2.45, 2.75) is 73.5 Å². The van der Waals surface area contributed by atoms with E-state index in [9.17, 15) is 17.0 Å². The van der Waals surface area contributed by atoms with Crippen molar-refractivity contribution in [1.82, 2.24) is 0 Å². The molecule has 56 heavy (non-hydrogen) atoms. The number of benzene rings is 6. The van der Waals surface area contributed by atoms with E-state index < -0.39 is 25.9 Å². The van der Waals surface area contributed by atoms with Crippen LogP contribution in [0.5, 0.6) is 0 Å². The van der Waals surface area contributed by atoms with Gasteiger partial charge in [0.05, 0.1) is 0 Å². The molecule has 1 aliphatic heterocycles. The minimum atomic E-state index is -5.55. The van der Waals surface area contributed by atoms with Gasteiger partial charge in [-0.25, -0.2) is 0 Å². The molecule has 281 valence electrons. The van der Waals surface area contributed by atoms with E-state index >= 15 is 0 Å². The number of hydrogen-bond acceptors (Lipinski definition) is 0. The van der Waals surface area contributed by atoms with Crippen molar-refractivity contribution < 1.29 is 16.4 Å². The zero-order chi connectivity index (χ0) is 39.4. The van der Waals surface area contributed by atoms with Crippen molar-refractivity contribution in [2.24, 2.45) is 0 Å². The zero-order valence-corrected chi connectivity index (χ0v) is 39.3. The standard InChI is InChI=1S/2C20H21.C12H9Si.2ClH.Zr/c2*1-14-12-16-10-11-18(20(2,3)4)19(17(16)13-14)15-8-6-5-7-9-15;1-3-7-11-9(5-1)10-6-2-4-8-12(10)13-11;;;/h2*5-13H,1-4H3;1-7H,13H2;2*1H;/q;;;;;+2/p-2. The molecular weight excluding hydrogens is 815 g/mol. The summed E-state index contributed by atoms with van der Waals surface area (Å²) in [4.78, 5) is 0. The van der Waals surface area contributed by atoms with Crippen molar-refractivity contribution in [3.05, 3.63) is 172 Å². The zero-order valence-electron chi connectivity index (χ0n) is 33.9. The second kappa shape index (κ2) is 13.3. The summed E-state index contributed by atoms with van der Waals surface area (Å²) in [5.74, 6) is 0. The third-order valence-electron chi connectivity index (χ3n) is 13.0. The van der Waals surface area contributed by atoms with Gasteiger partial charge in [0.15, 0.2) is 0 Å². The van der Waals surface area contributed by atoms with E-state index in [1.54, 1.807) is 0 Å². The van der Waals surface area contributed by atoms with E-state index in [-0.39, 0.29) is 18.1 Å². The Kier molecular flexibility index (Phi) is 9.00. The van der Waals surface area contributed by atoms with E-state index in [2.05, 4.69) is 195 Å². The third kappa shape index (κ3) is 5.68. The van der Waals surface area contributed by atoms with Crippen LogP contribution >= 0.6 is 17.0 Å². The van der Waals surface area contributed by atoms with Crippen LogP contribution in [0.3, 0.4) is 0 Å². The first-order valence-electron chi connectivity index (χ1n) is 20.2. The quantitative estimate of drug-likeness (QED) is 0.151. The molecule has 0 spiro atoms. The average molecular weight is 866 g/mol. The number of hydrogen-bond donors (Lipinski definition) is 0. The summed E-state index contributed by atoms with van der Waals surface area (Å²) < 4.78 is 1.04. The van der Waals surface area contributed by atoms with Crippen LogP contribution in [0.1, 0.15) is 96.0 Å². The number of allylic oxidation sites excluding steroid dienone is 2. The van der Waals surface area contributed by atoms with E-state index in [0.717, 1.165) is 0 Å². The Hall–Kier alpha value is -3.52. The Labute approximate surface area is 344 Å². The summed E-state index contributed by atoms with van der Waals surface area (Å²) >= 11 is -5.55. The van der Waals surface area contributed by atoms with E-state index in [1.807, 2.05) is 0 Å². The summed E-state index contributed by atoms with van der Waals surface area (Å²) in [5.41, 5.74) is 18.1. The second-order valence-electron chi connectivity index (χ2n) is 18.7. The van der Waals surface area contributed by atoms with Crippen molar-refractivity contribution in [3.8, 4) is 33.4 Å². The Morgan fingerprint density at radius 1 is 0.500 bits per heavy atom. The molecule has 2 unspecified atom stereocenters. The topological polar surface area (TPSA) is 0 Å². The van der Waals surface area contributed by atoms with Crippen molar-refractivity contribution in [1.29, 1.82) is 0 Å². The molecule has 0 amide bonds. The Morgan fingerprint density at radius 3 is 1.43 bits per heavy atom. The van der Waals surface area contributed by atoms with Crippen LogP contribution in [0.4, 0.5) is 0 Å². The normalized spacial score (nSPS) is 18.4. The summed E-state index contributed by atoms with van der Waals surface area (Å²) in [5, 5.41) is 2.94. The van der Waals surface area contributed by atoms with Gasteiger partial charge in [0.2, 0.25) is 0 Å². The van der Waals surface area contributed by atoms with Gasteiger partial charge in [0.25, 0.3) is 0 Å². The van der Waals surface area contributed by atoms with Crippen LogP contribution in [0.25, 0.3) is 45.5 Å². The molecule has 0 fully saturated rings. The Balaban J connectivity index is 1.37. The van der Waals surface area contributed by atoms with Gasteiger partial charge in [-0.15, -0.1) is 0 Å². The molecular formula is C52H51Cl2SiZr. The molecule has 0 N–H and O–H groups in total. The fourth-order valence-corrected chi connectivity index (χ4v) is 39.6. The predicted octanol–water partition coefficient (Wildman–Crippen LogP) is 12.7. The molecule has 0 saturated carbocycles. The fraction of sp³-hybridized carbons (Fsp3) is 0.231. The van der Waals surface area contributed by atoms with Crippen LogP contribution in [0, 0.1) is 0 Å². The first-order valence-corrected chi connectivity index (χ1v) is 32.0. The van der Waals surface area contributed by atoms with Crippen LogP contribution in [0.15, 0.2) is 139 Å². The minimum absolute atomic E-state index is 0.0556. The maximum atomic E-state index is 9.18. The molecule has 0 radical (unpaired) electrons. The molecule has 0 nitrogen and oxygen atoms in total. The first kappa shape index (κ1) is 38.0. The molecule has 4 heteroatoms. The summed E-state index contributed by atoms with van der Waals surface area (Å²) in [6.45, 7) is 18.6.